The summed E-state index contributed by atoms with van der Waals surface area (Å²) in [5.41, 5.74) is 2.17. The predicted octanol–water partition coefficient (Wildman–Crippen LogP) is 2.69. The summed E-state index contributed by atoms with van der Waals surface area (Å²) in [6.07, 6.45) is 10.8. The summed E-state index contributed by atoms with van der Waals surface area (Å²) in [6.45, 7) is 12.6. The van der Waals surface area contributed by atoms with Gasteiger partial charge in [-0.25, -0.2) is 0 Å². The highest BCUT2D eigenvalue weighted by Gasteiger charge is 2.60. The van der Waals surface area contributed by atoms with Crippen LogP contribution < -0.4 is 0 Å². The second-order valence-corrected chi connectivity index (χ2v) is 7.92. The van der Waals surface area contributed by atoms with E-state index in [0.29, 0.717) is 23.7 Å². The average Bonchev–Trinajstić information content (AvgIpc) is 3.08. The zero-order chi connectivity index (χ0) is 15.3. The first-order valence-electron chi connectivity index (χ1n) is 9.11. The summed E-state index contributed by atoms with van der Waals surface area (Å²) >= 11 is 0. The van der Waals surface area contributed by atoms with Gasteiger partial charge in [0, 0.05) is 37.6 Å². The number of piperidine rings is 1. The molecule has 0 aromatic carbocycles. The van der Waals surface area contributed by atoms with Crippen LogP contribution in [0.1, 0.15) is 33.6 Å². The molecule has 2 aliphatic heterocycles. The minimum Gasteiger partial charge on any atom is -0.373 e. The zero-order valence-electron chi connectivity index (χ0n) is 14.3. The van der Waals surface area contributed by atoms with Crippen molar-refractivity contribution < 1.29 is 4.74 Å². The Morgan fingerprint density at radius 2 is 2.00 bits per heavy atom. The Morgan fingerprint density at radius 1 is 1.23 bits per heavy atom. The van der Waals surface area contributed by atoms with Gasteiger partial charge in [-0.05, 0) is 44.7 Å². The van der Waals surface area contributed by atoms with Gasteiger partial charge < -0.3 is 9.64 Å². The van der Waals surface area contributed by atoms with Gasteiger partial charge in [0.05, 0.1) is 12.2 Å². The molecule has 3 fully saturated rings. The van der Waals surface area contributed by atoms with Crippen LogP contribution >= 0.6 is 0 Å². The van der Waals surface area contributed by atoms with Gasteiger partial charge >= 0.3 is 0 Å². The lowest BCUT2D eigenvalue weighted by Gasteiger charge is -2.40. The number of fused-ring (bicyclic) bond motifs is 1. The smallest absolute Gasteiger partial charge is 0.0678 e. The van der Waals surface area contributed by atoms with Gasteiger partial charge in [-0.2, -0.15) is 0 Å². The van der Waals surface area contributed by atoms with Crippen molar-refractivity contribution in [3.8, 4) is 0 Å². The van der Waals surface area contributed by atoms with E-state index < -0.39 is 0 Å². The number of nitrogens with zero attached hydrogens (tertiary/aromatic N) is 2. The number of allylic oxidation sites excluding steroid dienone is 1. The topological polar surface area (TPSA) is 15.7 Å². The van der Waals surface area contributed by atoms with E-state index in [1.165, 1.54) is 32.5 Å². The van der Waals surface area contributed by atoms with Crippen LogP contribution in [0.25, 0.3) is 0 Å². The molecule has 4 rings (SSSR count). The minimum absolute atomic E-state index is 0.363. The highest BCUT2D eigenvalue weighted by molar-refractivity contribution is 5.40. The molecule has 122 valence electrons. The van der Waals surface area contributed by atoms with Crippen LogP contribution in [0.2, 0.25) is 0 Å². The number of ether oxygens (including phenoxy) is 1. The van der Waals surface area contributed by atoms with E-state index in [0.717, 1.165) is 19.0 Å². The Hall–Kier alpha value is -0.640. The zero-order valence-corrected chi connectivity index (χ0v) is 14.3. The second kappa shape index (κ2) is 5.47. The molecule has 3 heteroatoms. The second-order valence-electron chi connectivity index (χ2n) is 7.92. The normalized spacial score (nSPS) is 45.7. The molecule has 4 aliphatic rings. The molecule has 3 nitrogen and oxygen atoms in total. The average molecular weight is 302 g/mol. The maximum atomic E-state index is 5.87. The van der Waals surface area contributed by atoms with E-state index >= 15 is 0 Å². The van der Waals surface area contributed by atoms with E-state index in [-0.39, 0.29) is 0 Å². The Balaban J connectivity index is 1.40. The fourth-order valence-electron chi connectivity index (χ4n) is 5.01. The van der Waals surface area contributed by atoms with Gasteiger partial charge in [0.15, 0.2) is 0 Å². The summed E-state index contributed by atoms with van der Waals surface area (Å²) in [6, 6.07) is 0.579. The van der Waals surface area contributed by atoms with Crippen LogP contribution in [0.15, 0.2) is 23.8 Å². The third kappa shape index (κ3) is 2.47. The van der Waals surface area contributed by atoms with Gasteiger partial charge in [-0.3, -0.25) is 4.90 Å². The lowest BCUT2D eigenvalue weighted by molar-refractivity contribution is -0.0751. The monoisotopic (exact) mass is 302 g/mol. The Bertz CT molecular complexity index is 490. The molecule has 2 heterocycles. The van der Waals surface area contributed by atoms with Gasteiger partial charge in [0.2, 0.25) is 0 Å². The molecule has 0 bridgehead atoms. The van der Waals surface area contributed by atoms with Crippen molar-refractivity contribution in [2.75, 3.05) is 32.7 Å². The SMILES string of the molecule is CCN1C[C@H]2C[C@@]2(C2=CCC(N3C[C@@H](C)O[C@H](C)C3)C=C2)C1. The van der Waals surface area contributed by atoms with Gasteiger partial charge in [0.25, 0.3) is 0 Å². The molecule has 22 heavy (non-hydrogen) atoms. The molecule has 0 amide bonds. The largest absolute Gasteiger partial charge is 0.373 e. The van der Waals surface area contributed by atoms with Crippen molar-refractivity contribution in [2.45, 2.75) is 51.9 Å². The third-order valence-corrected chi connectivity index (χ3v) is 6.23. The lowest BCUT2D eigenvalue weighted by Crippen LogP contribution is -2.49. The minimum atomic E-state index is 0.363. The fourth-order valence-corrected chi connectivity index (χ4v) is 5.01. The molecule has 0 N–H and O–H groups in total. The Kier molecular flexibility index (Phi) is 3.71. The van der Waals surface area contributed by atoms with Crippen LogP contribution in [-0.2, 0) is 4.74 Å². The van der Waals surface area contributed by atoms with E-state index in [9.17, 15) is 0 Å². The van der Waals surface area contributed by atoms with Crippen LogP contribution in [0.5, 0.6) is 0 Å². The summed E-state index contributed by atoms with van der Waals surface area (Å²) in [7, 11) is 0. The maximum Gasteiger partial charge on any atom is 0.0678 e. The first kappa shape index (κ1) is 14.9. The molecule has 0 aromatic heterocycles. The summed E-state index contributed by atoms with van der Waals surface area (Å²) in [4.78, 5) is 5.23. The summed E-state index contributed by atoms with van der Waals surface area (Å²) < 4.78 is 5.87. The Morgan fingerprint density at radius 3 is 2.59 bits per heavy atom. The standard InChI is InChI=1S/C19H30N2O/c1-4-20-12-17-9-19(17,13-20)16-5-7-18(8-6-16)21-10-14(2)22-15(3)11-21/h5-7,14-15,17-18H,4,8-13H2,1-3H3/t14-,15-,17-,18?,19+/m1/s1. The fraction of sp³-hybridized carbons (Fsp3) is 0.789. The molecule has 1 saturated carbocycles. The number of rotatable bonds is 3. The van der Waals surface area contributed by atoms with E-state index in [1.54, 1.807) is 5.57 Å². The van der Waals surface area contributed by atoms with E-state index in [2.05, 4.69) is 48.8 Å². The predicted molar refractivity (Wildman–Crippen MR) is 89.9 cm³/mol. The molecular formula is C19H30N2O. The first-order valence-corrected chi connectivity index (χ1v) is 9.11. The van der Waals surface area contributed by atoms with E-state index in [1.807, 2.05) is 0 Å². The van der Waals surface area contributed by atoms with Crippen molar-refractivity contribution in [3.63, 3.8) is 0 Å². The van der Waals surface area contributed by atoms with Crippen molar-refractivity contribution >= 4 is 0 Å². The van der Waals surface area contributed by atoms with Crippen molar-refractivity contribution in [3.05, 3.63) is 23.8 Å². The first-order chi connectivity index (χ1) is 10.6. The molecule has 0 radical (unpaired) electrons. The van der Waals surface area contributed by atoms with Crippen LogP contribution in [-0.4, -0.2) is 60.8 Å². The van der Waals surface area contributed by atoms with Crippen molar-refractivity contribution in [1.29, 1.82) is 0 Å². The molecule has 0 aromatic rings. The van der Waals surface area contributed by atoms with Crippen LogP contribution in [0.3, 0.4) is 0 Å². The van der Waals surface area contributed by atoms with Crippen molar-refractivity contribution in [1.82, 2.24) is 9.80 Å². The molecule has 5 atom stereocenters. The highest BCUT2D eigenvalue weighted by Crippen LogP contribution is 2.62. The van der Waals surface area contributed by atoms with Gasteiger partial charge in [-0.1, -0.05) is 25.2 Å². The third-order valence-electron chi connectivity index (χ3n) is 6.23. The quantitative estimate of drug-likeness (QED) is 0.797. The number of hydrogen-bond acceptors (Lipinski definition) is 3. The van der Waals surface area contributed by atoms with Crippen molar-refractivity contribution in [2.24, 2.45) is 11.3 Å². The highest BCUT2D eigenvalue weighted by atomic mass is 16.5. The van der Waals surface area contributed by atoms with Crippen LogP contribution in [0.4, 0.5) is 0 Å². The van der Waals surface area contributed by atoms with Gasteiger partial charge in [-0.15, -0.1) is 0 Å². The van der Waals surface area contributed by atoms with E-state index in [4.69, 9.17) is 4.74 Å². The number of likely N-dealkylation sites (tertiary alicyclic amines) is 1. The van der Waals surface area contributed by atoms with Gasteiger partial charge in [0.1, 0.15) is 0 Å². The summed E-state index contributed by atoms with van der Waals surface area (Å²) in [5, 5.41) is 0. The number of hydrogen-bond donors (Lipinski definition) is 0. The molecule has 0 spiro atoms. The van der Waals surface area contributed by atoms with Crippen LogP contribution in [0, 0.1) is 11.3 Å². The molecular weight excluding hydrogens is 272 g/mol. The molecule has 1 unspecified atom stereocenters. The number of morpholine rings is 1. The lowest BCUT2D eigenvalue weighted by atomic mass is 9.88. The maximum absolute atomic E-state index is 5.87. The molecule has 2 saturated heterocycles. The Labute approximate surface area is 135 Å². The summed E-state index contributed by atoms with van der Waals surface area (Å²) in [5.74, 6) is 0.934. The molecule has 2 aliphatic carbocycles.